The maximum atomic E-state index is 12.7. The molecule has 0 fully saturated rings. The number of nitrogens with one attached hydrogen (secondary N) is 1. The topological polar surface area (TPSA) is 59.8 Å². The smallest absolute Gasteiger partial charge is 0.252 e. The zero-order valence-electron chi connectivity index (χ0n) is 17.6. The van der Waals surface area contributed by atoms with E-state index >= 15 is 0 Å². The van der Waals surface area contributed by atoms with E-state index in [0.29, 0.717) is 32.3 Å². The molecule has 3 aromatic carbocycles. The van der Waals surface area contributed by atoms with Gasteiger partial charge in [-0.2, -0.15) is 0 Å². The van der Waals surface area contributed by atoms with E-state index in [9.17, 15) is 4.79 Å². The number of aromatic nitrogens is 3. The molecule has 33 heavy (non-hydrogen) atoms. The monoisotopic (exact) mass is 560 g/mol. The van der Waals surface area contributed by atoms with Gasteiger partial charge in [-0.15, -0.1) is 10.2 Å². The molecule has 0 saturated heterocycles. The molecule has 0 radical (unpaired) electrons. The van der Waals surface area contributed by atoms with Crippen LogP contribution in [0.3, 0.4) is 0 Å². The molecule has 4 aromatic rings. The Morgan fingerprint density at radius 1 is 1.06 bits per heavy atom. The third-order valence-electron chi connectivity index (χ3n) is 4.99. The largest absolute Gasteiger partial charge is 0.345 e. The number of nitrogens with zero attached hydrogens (tertiary/aromatic N) is 3. The van der Waals surface area contributed by atoms with Crippen molar-refractivity contribution in [2.45, 2.75) is 24.4 Å². The first-order valence-corrected chi connectivity index (χ1v) is 12.6. The molecular formula is C24H19BrCl2N4OS. The molecule has 0 atom stereocenters. The Morgan fingerprint density at radius 2 is 1.82 bits per heavy atom. The summed E-state index contributed by atoms with van der Waals surface area (Å²) in [6.07, 6.45) is 0. The van der Waals surface area contributed by atoms with Crippen LogP contribution in [0.1, 0.15) is 27.3 Å². The molecule has 9 heteroatoms. The van der Waals surface area contributed by atoms with E-state index in [-0.39, 0.29) is 12.5 Å². The molecule has 0 aliphatic carbocycles. The molecule has 0 spiro atoms. The van der Waals surface area contributed by atoms with Gasteiger partial charge in [-0.1, -0.05) is 71.4 Å². The summed E-state index contributed by atoms with van der Waals surface area (Å²) < 4.78 is 2.58. The van der Waals surface area contributed by atoms with Gasteiger partial charge in [-0.3, -0.25) is 9.36 Å². The van der Waals surface area contributed by atoms with E-state index in [1.807, 2.05) is 41.0 Å². The summed E-state index contributed by atoms with van der Waals surface area (Å²) in [5.74, 6) is 1.07. The van der Waals surface area contributed by atoms with Crippen molar-refractivity contribution in [3.63, 3.8) is 0 Å². The molecule has 0 aliphatic rings. The molecule has 1 N–H and O–H groups in total. The Kier molecular flexibility index (Phi) is 7.75. The Bertz CT molecular complexity index is 1310. The molecule has 0 unspecified atom stereocenters. The lowest BCUT2D eigenvalue weighted by Crippen LogP contribution is -2.25. The lowest BCUT2D eigenvalue weighted by atomic mass is 10.1. The summed E-state index contributed by atoms with van der Waals surface area (Å²) in [5, 5.41) is 13.3. The summed E-state index contributed by atoms with van der Waals surface area (Å²) in [5.41, 5.74) is 3.66. The van der Waals surface area contributed by atoms with E-state index < -0.39 is 0 Å². The predicted molar refractivity (Wildman–Crippen MR) is 137 cm³/mol. The van der Waals surface area contributed by atoms with Crippen molar-refractivity contribution in [3.05, 3.63) is 104 Å². The van der Waals surface area contributed by atoms with Crippen molar-refractivity contribution in [1.29, 1.82) is 0 Å². The fourth-order valence-corrected chi connectivity index (χ4v) is 5.22. The number of carbonyl (C=O) groups is 1. The second kappa shape index (κ2) is 10.7. The van der Waals surface area contributed by atoms with E-state index in [2.05, 4.69) is 50.5 Å². The average Bonchev–Trinajstić information content (AvgIpc) is 3.20. The minimum absolute atomic E-state index is 0.178. The van der Waals surface area contributed by atoms with Gasteiger partial charge in [0.2, 0.25) is 0 Å². The number of aryl methyl sites for hydroxylation is 1. The first kappa shape index (κ1) is 23.8. The lowest BCUT2D eigenvalue weighted by Gasteiger charge is -2.13. The van der Waals surface area contributed by atoms with Gasteiger partial charge < -0.3 is 5.32 Å². The van der Waals surface area contributed by atoms with Crippen molar-refractivity contribution in [2.24, 2.45) is 0 Å². The van der Waals surface area contributed by atoms with Gasteiger partial charge in [0.15, 0.2) is 11.0 Å². The summed E-state index contributed by atoms with van der Waals surface area (Å²) in [6.45, 7) is 2.26. The second-order valence-electron chi connectivity index (χ2n) is 7.21. The number of thioether (sulfide) groups is 1. The molecule has 168 valence electrons. The molecule has 4 rings (SSSR count). The minimum Gasteiger partial charge on any atom is -0.345 e. The highest BCUT2D eigenvalue weighted by Crippen LogP contribution is 2.31. The van der Waals surface area contributed by atoms with Gasteiger partial charge in [-0.25, -0.2) is 0 Å². The maximum Gasteiger partial charge on any atom is 0.252 e. The number of rotatable bonds is 7. The maximum absolute atomic E-state index is 12.7. The SMILES string of the molecule is Cc1ccccc1CSc1nnc(CNC(=O)c2ccccc2Br)n1-c1ccc(Cl)cc1Cl. The fraction of sp³-hybridized carbons (Fsp3) is 0.125. The van der Waals surface area contributed by atoms with Crippen LogP contribution in [0.15, 0.2) is 76.4 Å². The van der Waals surface area contributed by atoms with Crippen LogP contribution in [0.4, 0.5) is 0 Å². The average molecular weight is 562 g/mol. The summed E-state index contributed by atoms with van der Waals surface area (Å²) in [4.78, 5) is 12.7. The highest BCUT2D eigenvalue weighted by atomic mass is 79.9. The first-order chi connectivity index (χ1) is 15.9. The Balaban J connectivity index is 1.63. The molecule has 1 heterocycles. The van der Waals surface area contributed by atoms with E-state index in [1.54, 1.807) is 30.0 Å². The first-order valence-electron chi connectivity index (χ1n) is 10.0. The van der Waals surface area contributed by atoms with Gasteiger partial charge in [0.05, 0.1) is 22.8 Å². The van der Waals surface area contributed by atoms with Gasteiger partial charge in [0, 0.05) is 15.2 Å². The van der Waals surface area contributed by atoms with Crippen LogP contribution in [0.2, 0.25) is 10.0 Å². The van der Waals surface area contributed by atoms with Crippen LogP contribution in [-0.2, 0) is 12.3 Å². The molecule has 5 nitrogen and oxygen atoms in total. The van der Waals surface area contributed by atoms with Crippen LogP contribution < -0.4 is 5.32 Å². The van der Waals surface area contributed by atoms with Crippen molar-refractivity contribution in [3.8, 4) is 5.69 Å². The Morgan fingerprint density at radius 3 is 2.58 bits per heavy atom. The number of halogens is 3. The summed E-state index contributed by atoms with van der Waals surface area (Å²) in [7, 11) is 0. The van der Waals surface area contributed by atoms with Crippen LogP contribution in [0.25, 0.3) is 5.69 Å². The van der Waals surface area contributed by atoms with Gasteiger partial charge >= 0.3 is 0 Å². The number of hydrogen-bond donors (Lipinski definition) is 1. The molecular weight excluding hydrogens is 543 g/mol. The zero-order chi connectivity index (χ0) is 23.4. The molecule has 0 saturated carbocycles. The van der Waals surface area contributed by atoms with Gasteiger partial charge in [0.1, 0.15) is 0 Å². The standard InChI is InChI=1S/C24H19BrCl2N4OS/c1-15-6-2-3-7-16(15)14-33-24-30-29-22(31(24)21-11-10-17(26)12-20(21)27)13-28-23(32)18-8-4-5-9-19(18)25/h2-12H,13-14H2,1H3,(H,28,32). The van der Waals surface area contributed by atoms with Crippen molar-refractivity contribution in [2.75, 3.05) is 0 Å². The number of carbonyl (C=O) groups excluding carboxylic acids is 1. The van der Waals surface area contributed by atoms with Crippen LogP contribution >= 0.6 is 50.9 Å². The third kappa shape index (κ3) is 5.61. The molecule has 0 aliphatic heterocycles. The Hall–Kier alpha value is -2.32. The summed E-state index contributed by atoms with van der Waals surface area (Å²) >= 11 is 17.6. The lowest BCUT2D eigenvalue weighted by molar-refractivity contribution is 0.0949. The highest BCUT2D eigenvalue weighted by Gasteiger charge is 2.19. The number of amides is 1. The summed E-state index contributed by atoms with van der Waals surface area (Å²) in [6, 6.07) is 20.7. The van der Waals surface area contributed by atoms with Crippen molar-refractivity contribution < 1.29 is 4.79 Å². The van der Waals surface area contributed by atoms with Crippen molar-refractivity contribution >= 4 is 56.8 Å². The minimum atomic E-state index is -0.214. The third-order valence-corrected chi connectivity index (χ3v) is 7.20. The van der Waals surface area contributed by atoms with Crippen LogP contribution in [-0.4, -0.2) is 20.7 Å². The molecule has 1 amide bonds. The van der Waals surface area contributed by atoms with E-state index in [1.165, 1.54) is 11.1 Å². The van der Waals surface area contributed by atoms with E-state index in [4.69, 9.17) is 23.2 Å². The predicted octanol–water partition coefficient (Wildman–Crippen LogP) is 6.87. The Labute approximate surface area is 214 Å². The highest BCUT2D eigenvalue weighted by molar-refractivity contribution is 9.10. The number of benzene rings is 3. The van der Waals surface area contributed by atoms with Crippen LogP contribution in [0.5, 0.6) is 0 Å². The van der Waals surface area contributed by atoms with Crippen molar-refractivity contribution in [1.82, 2.24) is 20.1 Å². The van der Waals surface area contributed by atoms with Gasteiger partial charge in [-0.05, 0) is 64.3 Å². The second-order valence-corrected chi connectivity index (χ2v) is 9.85. The number of hydrogen-bond acceptors (Lipinski definition) is 4. The fourth-order valence-electron chi connectivity index (χ4n) is 3.23. The van der Waals surface area contributed by atoms with Crippen LogP contribution in [0, 0.1) is 6.92 Å². The molecule has 0 bridgehead atoms. The normalized spacial score (nSPS) is 10.9. The van der Waals surface area contributed by atoms with E-state index in [0.717, 1.165) is 10.2 Å². The van der Waals surface area contributed by atoms with Gasteiger partial charge in [0.25, 0.3) is 5.91 Å². The zero-order valence-corrected chi connectivity index (χ0v) is 21.5. The molecule has 1 aromatic heterocycles. The quantitative estimate of drug-likeness (QED) is 0.250.